The number of nitrogens with one attached hydrogen (secondary N) is 2. The molecular formula is C11H13N5OS. The van der Waals surface area contributed by atoms with Crippen LogP contribution in [0.2, 0.25) is 0 Å². The van der Waals surface area contributed by atoms with Crippen LogP contribution in [0.15, 0.2) is 28.3 Å². The number of rotatable bonds is 3. The Balaban J connectivity index is 2.22. The molecule has 0 saturated heterocycles. The van der Waals surface area contributed by atoms with E-state index < -0.39 is 0 Å². The standard InChI is InChI=1S/C11H13N5OS/c1-6-14-11(16-15-6)18-9-4-3-7(5-8(9)12)10(17)13-2/h3-5H,12H2,1-2H3,(H,13,17)(H,14,15,16). The van der Waals surface area contributed by atoms with Gasteiger partial charge >= 0.3 is 0 Å². The van der Waals surface area contributed by atoms with Gasteiger partial charge in [0.25, 0.3) is 5.91 Å². The van der Waals surface area contributed by atoms with Gasteiger partial charge in [0.15, 0.2) is 0 Å². The number of carbonyl (C=O) groups is 1. The maximum atomic E-state index is 11.4. The van der Waals surface area contributed by atoms with Crippen molar-refractivity contribution in [1.29, 1.82) is 0 Å². The van der Waals surface area contributed by atoms with E-state index in [0.29, 0.717) is 16.4 Å². The summed E-state index contributed by atoms with van der Waals surface area (Å²) in [5, 5.41) is 9.93. The molecule has 2 aromatic rings. The predicted octanol–water partition coefficient (Wildman–Crippen LogP) is 1.21. The first-order valence-corrected chi connectivity index (χ1v) is 6.10. The molecule has 0 unspecified atom stereocenters. The monoisotopic (exact) mass is 263 g/mol. The number of carbonyl (C=O) groups excluding carboxylic acids is 1. The largest absolute Gasteiger partial charge is 0.398 e. The molecule has 1 heterocycles. The number of nitrogens with two attached hydrogens (primary N) is 1. The van der Waals surface area contributed by atoms with Crippen molar-refractivity contribution in [2.24, 2.45) is 0 Å². The lowest BCUT2D eigenvalue weighted by Gasteiger charge is -2.05. The Hall–Kier alpha value is -2.02. The zero-order valence-electron chi connectivity index (χ0n) is 10.0. The Morgan fingerprint density at radius 1 is 1.50 bits per heavy atom. The quantitative estimate of drug-likeness (QED) is 0.723. The first-order valence-electron chi connectivity index (χ1n) is 5.28. The summed E-state index contributed by atoms with van der Waals surface area (Å²) in [6.45, 7) is 1.83. The van der Waals surface area contributed by atoms with Gasteiger partial charge in [-0.05, 0) is 36.9 Å². The molecule has 1 amide bonds. The summed E-state index contributed by atoms with van der Waals surface area (Å²) in [6.07, 6.45) is 0. The van der Waals surface area contributed by atoms with E-state index in [4.69, 9.17) is 5.73 Å². The molecule has 0 spiro atoms. The Kier molecular flexibility index (Phi) is 3.52. The average Bonchev–Trinajstić information content (AvgIpc) is 2.76. The zero-order valence-corrected chi connectivity index (χ0v) is 10.8. The number of benzene rings is 1. The van der Waals surface area contributed by atoms with Gasteiger partial charge in [0.1, 0.15) is 5.82 Å². The van der Waals surface area contributed by atoms with Crippen molar-refractivity contribution in [2.75, 3.05) is 12.8 Å². The highest BCUT2D eigenvalue weighted by molar-refractivity contribution is 7.99. The average molecular weight is 263 g/mol. The summed E-state index contributed by atoms with van der Waals surface area (Å²) in [7, 11) is 1.58. The van der Waals surface area contributed by atoms with E-state index in [0.717, 1.165) is 10.7 Å². The topological polar surface area (TPSA) is 96.7 Å². The predicted molar refractivity (Wildman–Crippen MR) is 69.5 cm³/mol. The van der Waals surface area contributed by atoms with Crippen LogP contribution >= 0.6 is 11.8 Å². The molecule has 0 bridgehead atoms. The van der Waals surface area contributed by atoms with Crippen molar-refractivity contribution >= 4 is 23.4 Å². The van der Waals surface area contributed by atoms with Crippen LogP contribution in [-0.2, 0) is 0 Å². The Labute approximate surface area is 108 Å². The second kappa shape index (κ2) is 5.09. The van der Waals surface area contributed by atoms with Crippen LogP contribution in [0.4, 0.5) is 5.69 Å². The SMILES string of the molecule is CNC(=O)c1ccc(Sc2n[nH]c(C)n2)c(N)c1. The summed E-state index contributed by atoms with van der Waals surface area (Å²) in [5.74, 6) is 0.588. The van der Waals surface area contributed by atoms with E-state index in [1.807, 2.05) is 6.92 Å². The van der Waals surface area contributed by atoms with Crippen molar-refractivity contribution in [3.05, 3.63) is 29.6 Å². The lowest BCUT2D eigenvalue weighted by atomic mass is 10.2. The maximum absolute atomic E-state index is 11.4. The van der Waals surface area contributed by atoms with Crippen molar-refractivity contribution in [3.8, 4) is 0 Å². The van der Waals surface area contributed by atoms with Crippen LogP contribution in [0.3, 0.4) is 0 Å². The molecular weight excluding hydrogens is 250 g/mol. The summed E-state index contributed by atoms with van der Waals surface area (Å²) >= 11 is 1.35. The van der Waals surface area contributed by atoms with Crippen LogP contribution in [0.25, 0.3) is 0 Å². The second-order valence-electron chi connectivity index (χ2n) is 3.64. The first kappa shape index (κ1) is 12.4. The normalized spacial score (nSPS) is 10.3. The number of hydrogen-bond acceptors (Lipinski definition) is 5. The van der Waals surface area contributed by atoms with Gasteiger partial charge in [-0.3, -0.25) is 9.89 Å². The Morgan fingerprint density at radius 2 is 2.28 bits per heavy atom. The smallest absolute Gasteiger partial charge is 0.251 e. The van der Waals surface area contributed by atoms with Crippen LogP contribution in [0.5, 0.6) is 0 Å². The third-order valence-corrected chi connectivity index (χ3v) is 3.23. The van der Waals surface area contributed by atoms with E-state index in [2.05, 4.69) is 20.5 Å². The van der Waals surface area contributed by atoms with Crippen molar-refractivity contribution in [2.45, 2.75) is 17.0 Å². The van der Waals surface area contributed by atoms with Crippen LogP contribution in [0.1, 0.15) is 16.2 Å². The highest BCUT2D eigenvalue weighted by Crippen LogP contribution is 2.30. The minimum absolute atomic E-state index is 0.160. The fourth-order valence-corrected chi connectivity index (χ4v) is 2.18. The third-order valence-electron chi connectivity index (χ3n) is 2.28. The first-order chi connectivity index (χ1) is 8.60. The van der Waals surface area contributed by atoms with Crippen molar-refractivity contribution in [3.63, 3.8) is 0 Å². The van der Waals surface area contributed by atoms with Gasteiger partial charge < -0.3 is 11.1 Å². The molecule has 0 atom stereocenters. The Morgan fingerprint density at radius 3 is 2.83 bits per heavy atom. The number of aryl methyl sites for hydroxylation is 1. The molecule has 1 aromatic heterocycles. The molecule has 1 aromatic carbocycles. The van der Waals surface area contributed by atoms with Crippen molar-refractivity contribution in [1.82, 2.24) is 20.5 Å². The maximum Gasteiger partial charge on any atom is 0.251 e. The zero-order chi connectivity index (χ0) is 13.1. The van der Waals surface area contributed by atoms with Gasteiger partial charge in [-0.25, -0.2) is 4.98 Å². The van der Waals surface area contributed by atoms with Gasteiger partial charge in [0, 0.05) is 23.2 Å². The highest BCUT2D eigenvalue weighted by Gasteiger charge is 2.09. The molecule has 2 rings (SSSR count). The molecule has 0 aliphatic rings. The molecule has 94 valence electrons. The van der Waals surface area contributed by atoms with Crippen molar-refractivity contribution < 1.29 is 4.79 Å². The van der Waals surface area contributed by atoms with Crippen LogP contribution in [0, 0.1) is 6.92 Å². The second-order valence-corrected chi connectivity index (χ2v) is 4.65. The van der Waals surface area contributed by atoms with Crippen LogP contribution in [-0.4, -0.2) is 28.1 Å². The summed E-state index contributed by atoms with van der Waals surface area (Å²) in [4.78, 5) is 16.4. The number of aromatic nitrogens is 3. The molecule has 18 heavy (non-hydrogen) atoms. The number of hydrogen-bond donors (Lipinski definition) is 3. The lowest BCUT2D eigenvalue weighted by molar-refractivity contribution is 0.0963. The molecule has 0 aliphatic heterocycles. The number of nitrogen functional groups attached to an aromatic ring is 1. The van der Waals surface area contributed by atoms with Gasteiger partial charge in [-0.15, -0.1) is 5.10 Å². The molecule has 0 fully saturated rings. The van der Waals surface area contributed by atoms with Gasteiger partial charge in [-0.1, -0.05) is 0 Å². The number of nitrogens with zero attached hydrogens (tertiary/aromatic N) is 2. The molecule has 4 N–H and O–H groups in total. The van der Waals surface area contributed by atoms with Gasteiger partial charge in [0.2, 0.25) is 5.16 Å². The van der Waals surface area contributed by atoms with E-state index in [1.54, 1.807) is 25.2 Å². The van der Waals surface area contributed by atoms with Gasteiger partial charge in [0.05, 0.1) is 0 Å². The fourth-order valence-electron chi connectivity index (χ4n) is 1.39. The van der Waals surface area contributed by atoms with E-state index in [-0.39, 0.29) is 5.91 Å². The van der Waals surface area contributed by atoms with E-state index in [1.165, 1.54) is 11.8 Å². The fraction of sp³-hybridized carbons (Fsp3) is 0.182. The minimum atomic E-state index is -0.160. The number of aromatic amines is 1. The van der Waals surface area contributed by atoms with Crippen LogP contribution < -0.4 is 11.1 Å². The summed E-state index contributed by atoms with van der Waals surface area (Å²) in [6, 6.07) is 5.15. The Bertz CT molecular complexity index is 581. The molecule has 7 heteroatoms. The molecule has 0 aliphatic carbocycles. The summed E-state index contributed by atoms with van der Waals surface area (Å²) < 4.78 is 0. The number of amides is 1. The molecule has 6 nitrogen and oxygen atoms in total. The highest BCUT2D eigenvalue weighted by atomic mass is 32.2. The lowest BCUT2D eigenvalue weighted by Crippen LogP contribution is -2.17. The number of anilines is 1. The van der Waals surface area contributed by atoms with E-state index >= 15 is 0 Å². The third kappa shape index (κ3) is 2.62. The van der Waals surface area contributed by atoms with Gasteiger partial charge in [-0.2, -0.15) is 0 Å². The molecule has 0 radical (unpaired) electrons. The minimum Gasteiger partial charge on any atom is -0.398 e. The molecule has 0 saturated carbocycles. The number of H-pyrrole nitrogens is 1. The summed E-state index contributed by atoms with van der Waals surface area (Å²) in [5.41, 5.74) is 6.97. The van der Waals surface area contributed by atoms with E-state index in [9.17, 15) is 4.79 Å².